The third-order valence-electron chi connectivity index (χ3n) is 3.58. The van der Waals surface area contributed by atoms with Crippen LogP contribution in [0.1, 0.15) is 13.8 Å². The lowest BCUT2D eigenvalue weighted by molar-refractivity contribution is -0.114. The van der Waals surface area contributed by atoms with Crippen LogP contribution in [0.5, 0.6) is 5.75 Å². The normalized spacial score (nSPS) is 18.7. The molecule has 27 heavy (non-hydrogen) atoms. The maximum absolute atomic E-state index is 11.7. The molecule has 3 rings (SSSR count). The maximum atomic E-state index is 11.7. The molecule has 11 heteroatoms. The molecule has 142 valence electrons. The first-order chi connectivity index (χ1) is 12.8. The molecule has 2 heterocycles. The van der Waals surface area contributed by atoms with Crippen molar-refractivity contribution >= 4 is 40.9 Å². The van der Waals surface area contributed by atoms with Crippen molar-refractivity contribution in [1.29, 1.82) is 0 Å². The van der Waals surface area contributed by atoms with Crippen LogP contribution in [0.4, 0.5) is 10.5 Å². The van der Waals surface area contributed by atoms with Gasteiger partial charge in [-0.25, -0.2) is 4.79 Å². The summed E-state index contributed by atoms with van der Waals surface area (Å²) in [6.45, 7) is 3.91. The Labute approximate surface area is 164 Å². The molecule has 1 saturated heterocycles. The second-order valence-corrected chi connectivity index (χ2v) is 6.67. The van der Waals surface area contributed by atoms with E-state index in [0.29, 0.717) is 17.8 Å². The van der Waals surface area contributed by atoms with Crippen molar-refractivity contribution in [3.05, 3.63) is 45.3 Å². The molecule has 0 bridgehead atoms. The fourth-order valence-electron chi connectivity index (χ4n) is 2.27. The van der Waals surface area contributed by atoms with Crippen LogP contribution < -0.4 is 20.9 Å². The second kappa shape index (κ2) is 7.95. The summed E-state index contributed by atoms with van der Waals surface area (Å²) < 4.78 is 5.63. The van der Waals surface area contributed by atoms with Gasteiger partial charge in [-0.3, -0.25) is 10.1 Å². The van der Waals surface area contributed by atoms with Gasteiger partial charge < -0.3 is 14.9 Å². The van der Waals surface area contributed by atoms with Crippen molar-refractivity contribution in [3.63, 3.8) is 0 Å². The van der Waals surface area contributed by atoms with Crippen molar-refractivity contribution in [3.8, 4) is 5.75 Å². The number of hydrogen-bond donors (Lipinski definition) is 3. The number of amides is 2. The first-order valence-electron chi connectivity index (χ1n) is 7.82. The lowest BCUT2D eigenvalue weighted by atomic mass is 10.1. The molecule has 3 N–H and O–H groups in total. The van der Waals surface area contributed by atoms with Gasteiger partial charge in [0.2, 0.25) is 5.88 Å². The summed E-state index contributed by atoms with van der Waals surface area (Å²) >= 11 is 12.5. The molecule has 1 aromatic rings. The molecule has 9 nitrogen and oxygen atoms in total. The highest BCUT2D eigenvalue weighted by Gasteiger charge is 2.22. The number of hydroxylamine groups is 1. The van der Waals surface area contributed by atoms with Crippen LogP contribution in [0.25, 0.3) is 0 Å². The molecular weight excluding hydrogens is 397 g/mol. The van der Waals surface area contributed by atoms with Crippen molar-refractivity contribution in [2.45, 2.75) is 20.0 Å². The number of azo groups is 1. The minimum atomic E-state index is -0.550. The van der Waals surface area contributed by atoms with Gasteiger partial charge in [-0.05, 0) is 26.0 Å². The minimum absolute atomic E-state index is 0.102. The maximum Gasteiger partial charge on any atom is 0.427 e. The average Bonchev–Trinajstić information content (AvgIpc) is 3.03. The highest BCUT2D eigenvalue weighted by Crippen LogP contribution is 2.38. The van der Waals surface area contributed by atoms with E-state index in [4.69, 9.17) is 27.9 Å². The molecule has 2 aliphatic rings. The number of benzene rings is 1. The van der Waals surface area contributed by atoms with E-state index in [1.807, 2.05) is 0 Å². The zero-order chi connectivity index (χ0) is 19.6. The number of rotatable bonds is 5. The number of nitrogens with one attached hydrogen (secondary N) is 3. The minimum Gasteiger partial charge on any atom is -0.434 e. The average molecular weight is 412 g/mol. The highest BCUT2D eigenvalue weighted by atomic mass is 35.5. The Morgan fingerprint density at radius 3 is 2.56 bits per heavy atom. The van der Waals surface area contributed by atoms with Crippen LogP contribution in [0.15, 0.2) is 45.5 Å². The summed E-state index contributed by atoms with van der Waals surface area (Å²) in [5, 5.41) is 13.3. The van der Waals surface area contributed by atoms with Crippen LogP contribution in [-0.4, -0.2) is 24.7 Å². The van der Waals surface area contributed by atoms with E-state index < -0.39 is 12.0 Å². The molecule has 0 spiro atoms. The van der Waals surface area contributed by atoms with Crippen molar-refractivity contribution in [1.82, 2.24) is 10.8 Å². The Morgan fingerprint density at radius 2 is 1.96 bits per heavy atom. The number of anilines is 1. The molecule has 0 aromatic heterocycles. The van der Waals surface area contributed by atoms with E-state index in [1.165, 1.54) is 6.08 Å². The summed E-state index contributed by atoms with van der Waals surface area (Å²) in [4.78, 5) is 27.2. The molecular formula is C16H15Cl2N5O4. The van der Waals surface area contributed by atoms with Crippen molar-refractivity contribution < 1.29 is 19.2 Å². The molecule has 0 radical (unpaired) electrons. The standard InChI is InChI=1S/C16H15Cl2N5O4/c1-7(2)9-5-13(21-22-15(9)24)26-14-10(17)3-8(4-11(14)18)19-6-12-20-16(25)27-23-12/h3-5,12,19,23H,6H2,1-2H3,(H,20,25). The Bertz CT molecular complexity index is 870. The summed E-state index contributed by atoms with van der Waals surface area (Å²) in [6, 6.07) is 3.21. The Hall–Kier alpha value is -2.62. The van der Waals surface area contributed by atoms with Crippen molar-refractivity contribution in [2.75, 3.05) is 11.9 Å². The van der Waals surface area contributed by atoms with Crippen LogP contribution in [-0.2, 0) is 9.63 Å². The van der Waals surface area contributed by atoms with E-state index >= 15 is 0 Å². The predicted molar refractivity (Wildman–Crippen MR) is 98.4 cm³/mol. The van der Waals surface area contributed by atoms with E-state index in [9.17, 15) is 9.59 Å². The fraction of sp³-hybridized carbons (Fsp3) is 0.250. The molecule has 2 aliphatic heterocycles. The fourth-order valence-corrected chi connectivity index (χ4v) is 2.84. The number of halogens is 2. The number of hydrogen-bond acceptors (Lipinski definition) is 7. The van der Waals surface area contributed by atoms with E-state index in [-0.39, 0.29) is 27.8 Å². The molecule has 0 aliphatic carbocycles. The molecule has 1 aromatic carbocycles. The second-order valence-electron chi connectivity index (χ2n) is 5.86. The number of carbonyl (C=O) groups excluding carboxylic acids is 2. The summed E-state index contributed by atoms with van der Waals surface area (Å²) in [5.41, 5.74) is 4.31. The smallest absolute Gasteiger partial charge is 0.427 e. The first-order valence-corrected chi connectivity index (χ1v) is 8.58. The molecule has 2 amide bonds. The van der Waals surface area contributed by atoms with Gasteiger partial charge in [0.1, 0.15) is 6.17 Å². The lowest BCUT2D eigenvalue weighted by Gasteiger charge is -2.15. The number of nitrogens with zero attached hydrogens (tertiary/aromatic N) is 2. The van der Waals surface area contributed by atoms with Gasteiger partial charge in [0.05, 0.1) is 16.6 Å². The van der Waals surface area contributed by atoms with Crippen LogP contribution in [0, 0.1) is 0 Å². The van der Waals surface area contributed by atoms with Gasteiger partial charge in [-0.1, -0.05) is 28.8 Å². The third kappa shape index (κ3) is 4.57. The van der Waals surface area contributed by atoms with Crippen molar-refractivity contribution in [2.24, 2.45) is 10.2 Å². The van der Waals surface area contributed by atoms with Gasteiger partial charge in [0.15, 0.2) is 5.75 Å². The Balaban J connectivity index is 1.73. The van der Waals surface area contributed by atoms with Gasteiger partial charge in [-0.15, -0.1) is 15.7 Å². The van der Waals surface area contributed by atoms with Crippen LogP contribution in [0.3, 0.4) is 0 Å². The number of allylic oxidation sites excluding steroid dienone is 1. The van der Waals surface area contributed by atoms with E-state index in [1.54, 1.807) is 26.0 Å². The molecule has 1 fully saturated rings. The quantitative estimate of drug-likeness (QED) is 0.638. The SMILES string of the molecule is CC(C)=C1C=C(Oc2c(Cl)cc(NCC3NOC(=O)N3)cc2Cl)N=NC1=O. The zero-order valence-electron chi connectivity index (χ0n) is 14.3. The van der Waals surface area contributed by atoms with Gasteiger partial charge in [0.25, 0.3) is 5.91 Å². The monoisotopic (exact) mass is 411 g/mol. The first kappa shape index (κ1) is 19.2. The highest BCUT2D eigenvalue weighted by molar-refractivity contribution is 6.37. The summed E-state index contributed by atoms with van der Waals surface area (Å²) in [6.07, 6.45) is 0.544. The van der Waals surface area contributed by atoms with Gasteiger partial charge in [-0.2, -0.15) is 0 Å². The largest absolute Gasteiger partial charge is 0.434 e. The zero-order valence-corrected chi connectivity index (χ0v) is 15.8. The Kier molecular flexibility index (Phi) is 5.64. The topological polar surface area (TPSA) is 113 Å². The van der Waals surface area contributed by atoms with Crippen LogP contribution in [0.2, 0.25) is 10.0 Å². The predicted octanol–water partition coefficient (Wildman–Crippen LogP) is 3.52. The summed E-state index contributed by atoms with van der Waals surface area (Å²) in [5.74, 6) is -0.145. The Morgan fingerprint density at radius 1 is 1.26 bits per heavy atom. The van der Waals surface area contributed by atoms with Gasteiger partial charge >= 0.3 is 6.09 Å². The van der Waals surface area contributed by atoms with Gasteiger partial charge in [0, 0.05) is 17.3 Å². The molecule has 0 saturated carbocycles. The summed E-state index contributed by atoms with van der Waals surface area (Å²) in [7, 11) is 0. The molecule has 1 unspecified atom stereocenters. The number of ether oxygens (including phenoxy) is 1. The van der Waals surface area contributed by atoms with E-state index in [2.05, 4.69) is 31.2 Å². The number of carbonyl (C=O) groups is 2. The lowest BCUT2D eigenvalue weighted by Crippen LogP contribution is -2.38. The molecule has 1 atom stereocenters. The van der Waals surface area contributed by atoms with Crippen LogP contribution >= 0.6 is 23.2 Å². The van der Waals surface area contributed by atoms with E-state index in [0.717, 1.165) is 5.57 Å². The third-order valence-corrected chi connectivity index (χ3v) is 4.14.